The molecule has 0 fully saturated rings. The Kier molecular flexibility index (Phi) is 8.50. The number of aromatic nitrogens is 2. The Bertz CT molecular complexity index is 1610. The summed E-state index contributed by atoms with van der Waals surface area (Å²) in [7, 11) is 0. The van der Waals surface area contributed by atoms with Crippen LogP contribution >= 0.6 is 0 Å². The fourth-order valence-electron chi connectivity index (χ4n) is 5.50. The van der Waals surface area contributed by atoms with Crippen molar-refractivity contribution in [2.45, 2.75) is 52.9 Å². The van der Waals surface area contributed by atoms with Crippen molar-refractivity contribution in [3.05, 3.63) is 94.7 Å². The monoisotopic (exact) mass is 591 g/mol. The number of carbonyl (C=O) groups is 1. The Balaban J connectivity index is 1.60. The second-order valence-corrected chi connectivity index (χ2v) is 11.4. The molecule has 0 aliphatic carbocycles. The third-order valence-corrected chi connectivity index (χ3v) is 7.72. The van der Waals surface area contributed by atoms with E-state index in [2.05, 4.69) is 24.1 Å². The molecular formula is C33H36F3N5O2. The van der Waals surface area contributed by atoms with Gasteiger partial charge in [0.2, 0.25) is 0 Å². The van der Waals surface area contributed by atoms with Crippen molar-refractivity contribution in [3.8, 4) is 22.7 Å². The lowest BCUT2D eigenvalue weighted by atomic mass is 9.97. The Morgan fingerprint density at radius 1 is 1.07 bits per heavy atom. The van der Waals surface area contributed by atoms with E-state index in [1.54, 1.807) is 18.2 Å². The molecule has 2 amide bonds. The molecule has 1 atom stereocenters. The van der Waals surface area contributed by atoms with Gasteiger partial charge in [0, 0.05) is 42.4 Å². The lowest BCUT2D eigenvalue weighted by Crippen LogP contribution is -2.33. The minimum atomic E-state index is -4.41. The zero-order chi connectivity index (χ0) is 30.9. The summed E-state index contributed by atoms with van der Waals surface area (Å²) in [6, 6.07) is 17.9. The minimum absolute atomic E-state index is 0.253. The highest BCUT2D eigenvalue weighted by Gasteiger charge is 2.33. The maximum absolute atomic E-state index is 13.5. The Morgan fingerprint density at radius 2 is 1.79 bits per heavy atom. The van der Waals surface area contributed by atoms with Gasteiger partial charge >= 0.3 is 12.2 Å². The van der Waals surface area contributed by atoms with Crippen LogP contribution in [0.2, 0.25) is 0 Å². The van der Waals surface area contributed by atoms with Gasteiger partial charge in [0.05, 0.1) is 23.6 Å². The molecule has 0 bridgehead atoms. The van der Waals surface area contributed by atoms with Crippen LogP contribution < -0.4 is 15.8 Å². The molecule has 1 aromatic heterocycles. The fourth-order valence-corrected chi connectivity index (χ4v) is 5.50. The summed E-state index contributed by atoms with van der Waals surface area (Å²) in [4.78, 5) is 13.6. The van der Waals surface area contributed by atoms with Gasteiger partial charge in [-0.1, -0.05) is 50.2 Å². The van der Waals surface area contributed by atoms with Gasteiger partial charge in [0.1, 0.15) is 11.4 Å². The van der Waals surface area contributed by atoms with E-state index in [-0.39, 0.29) is 6.04 Å². The molecule has 2 heterocycles. The van der Waals surface area contributed by atoms with Gasteiger partial charge in [-0.3, -0.25) is 4.90 Å². The number of nitrogens with one attached hydrogen (secondary N) is 1. The van der Waals surface area contributed by atoms with Crippen LogP contribution in [-0.4, -0.2) is 33.9 Å². The van der Waals surface area contributed by atoms with E-state index in [9.17, 15) is 18.0 Å². The number of carbonyl (C=O) groups excluding carboxylic acids is 1. The molecule has 43 heavy (non-hydrogen) atoms. The molecule has 10 heteroatoms. The van der Waals surface area contributed by atoms with Gasteiger partial charge < -0.3 is 15.8 Å². The molecule has 0 saturated carbocycles. The number of ether oxygens (including phenoxy) is 1. The normalized spacial score (nSPS) is 14.4. The number of aryl methyl sites for hydroxylation is 1. The molecule has 0 spiro atoms. The number of primary amides is 1. The predicted octanol–water partition coefficient (Wildman–Crippen LogP) is 7.51. The molecule has 5 rings (SSSR count). The maximum Gasteiger partial charge on any atom is 0.416 e. The highest BCUT2D eigenvalue weighted by Crippen LogP contribution is 2.39. The first-order chi connectivity index (χ1) is 20.4. The lowest BCUT2D eigenvalue weighted by molar-refractivity contribution is -0.137. The second kappa shape index (κ2) is 12.1. The summed E-state index contributed by atoms with van der Waals surface area (Å²) in [6.45, 7) is 9.83. The molecular weight excluding hydrogens is 555 g/mol. The molecule has 3 N–H and O–H groups in total. The number of alkyl halides is 3. The van der Waals surface area contributed by atoms with E-state index >= 15 is 0 Å². The molecule has 0 saturated heterocycles. The van der Waals surface area contributed by atoms with Gasteiger partial charge in [0.15, 0.2) is 0 Å². The van der Waals surface area contributed by atoms with Gasteiger partial charge in [-0.2, -0.15) is 18.3 Å². The molecule has 1 aliphatic heterocycles. The summed E-state index contributed by atoms with van der Waals surface area (Å²) in [5.41, 5.74) is 11.3. The highest BCUT2D eigenvalue weighted by atomic mass is 19.4. The average molecular weight is 592 g/mol. The van der Waals surface area contributed by atoms with Crippen LogP contribution in [0.1, 0.15) is 54.8 Å². The van der Waals surface area contributed by atoms with Crippen LogP contribution in [0, 0.1) is 12.8 Å². The molecule has 226 valence electrons. The molecule has 1 aliphatic rings. The van der Waals surface area contributed by atoms with Crippen molar-refractivity contribution < 1.29 is 22.7 Å². The number of rotatable bonds is 8. The van der Waals surface area contributed by atoms with Crippen molar-refractivity contribution in [1.82, 2.24) is 14.7 Å². The summed E-state index contributed by atoms with van der Waals surface area (Å²) in [5, 5.41) is 7.70. The largest absolute Gasteiger partial charge is 0.491 e. The zero-order valence-corrected chi connectivity index (χ0v) is 24.7. The third-order valence-electron chi connectivity index (χ3n) is 7.72. The number of nitrogens with two attached hydrogens (primary N) is 1. The Morgan fingerprint density at radius 3 is 2.47 bits per heavy atom. The standard InChI is InChI=1S/C33H36F3N5O2/c1-20(2)19-43-29-10-5-7-21(3)30(29)41-31(23-11-13-26(14-12-23)38-32(37)42)27-18-40(16-15-28(27)39-41)22(4)24-8-6-9-25(17-24)33(34,35)36/h5-14,17,20,22H,15-16,18-19H2,1-4H3,(H3,37,38,42). The lowest BCUT2D eigenvalue weighted by Gasteiger charge is -2.33. The van der Waals surface area contributed by atoms with Crippen LogP contribution in [0.5, 0.6) is 5.75 Å². The predicted molar refractivity (Wildman–Crippen MR) is 161 cm³/mol. The molecule has 4 aromatic rings. The number of halogens is 3. The number of anilines is 1. The SMILES string of the molecule is Cc1cccc(OCC(C)C)c1-n1nc2c(c1-c1ccc(NC(N)=O)cc1)CN(C(C)c1cccc(C(F)(F)F)c1)CC2. The topological polar surface area (TPSA) is 85.4 Å². The van der Waals surface area contributed by atoms with Gasteiger partial charge in [-0.15, -0.1) is 0 Å². The Hall–Kier alpha value is -4.31. The number of hydrogen-bond acceptors (Lipinski definition) is 4. The molecule has 0 radical (unpaired) electrons. The van der Waals surface area contributed by atoms with Crippen molar-refractivity contribution in [3.63, 3.8) is 0 Å². The minimum Gasteiger partial charge on any atom is -0.491 e. The van der Waals surface area contributed by atoms with E-state index in [1.807, 2.05) is 48.9 Å². The van der Waals surface area contributed by atoms with Crippen LogP contribution in [-0.2, 0) is 19.1 Å². The number of nitrogens with zero attached hydrogens (tertiary/aromatic N) is 3. The molecule has 3 aromatic carbocycles. The fraction of sp³-hybridized carbons (Fsp3) is 0.333. The van der Waals surface area contributed by atoms with E-state index in [0.29, 0.717) is 43.3 Å². The van der Waals surface area contributed by atoms with Crippen LogP contribution in [0.4, 0.5) is 23.7 Å². The van der Waals surface area contributed by atoms with Gasteiger partial charge in [-0.25, -0.2) is 9.48 Å². The van der Waals surface area contributed by atoms with Crippen molar-refractivity contribution in [1.29, 1.82) is 0 Å². The van der Waals surface area contributed by atoms with Gasteiger partial charge in [0.25, 0.3) is 0 Å². The maximum atomic E-state index is 13.5. The van der Waals surface area contributed by atoms with Crippen molar-refractivity contribution in [2.24, 2.45) is 11.7 Å². The van der Waals surface area contributed by atoms with Crippen LogP contribution in [0.25, 0.3) is 16.9 Å². The van der Waals surface area contributed by atoms with E-state index in [4.69, 9.17) is 15.6 Å². The summed E-state index contributed by atoms with van der Waals surface area (Å²) >= 11 is 0. The molecule has 7 nitrogen and oxygen atoms in total. The van der Waals surface area contributed by atoms with E-state index in [0.717, 1.165) is 45.6 Å². The smallest absolute Gasteiger partial charge is 0.416 e. The summed E-state index contributed by atoms with van der Waals surface area (Å²) in [6.07, 6.45) is -3.77. The number of hydrogen-bond donors (Lipinski definition) is 2. The van der Waals surface area contributed by atoms with Crippen molar-refractivity contribution in [2.75, 3.05) is 18.5 Å². The quantitative estimate of drug-likeness (QED) is 0.222. The van der Waals surface area contributed by atoms with Crippen molar-refractivity contribution >= 4 is 11.7 Å². The number of amides is 2. The van der Waals surface area contributed by atoms with Gasteiger partial charge in [-0.05, 0) is 61.2 Å². The average Bonchev–Trinajstić information content (AvgIpc) is 3.33. The highest BCUT2D eigenvalue weighted by molar-refractivity contribution is 5.88. The Labute approximate surface area is 249 Å². The number of para-hydroxylation sites is 1. The third kappa shape index (κ3) is 6.54. The molecule has 1 unspecified atom stereocenters. The van der Waals surface area contributed by atoms with E-state index in [1.165, 1.54) is 12.1 Å². The zero-order valence-electron chi connectivity index (χ0n) is 24.7. The first kappa shape index (κ1) is 30.2. The second-order valence-electron chi connectivity index (χ2n) is 11.4. The van der Waals surface area contributed by atoms with E-state index < -0.39 is 17.8 Å². The summed E-state index contributed by atoms with van der Waals surface area (Å²) < 4.78 is 48.6. The van der Waals surface area contributed by atoms with Crippen LogP contribution in [0.3, 0.4) is 0 Å². The number of benzene rings is 3. The number of fused-ring (bicyclic) bond motifs is 1. The first-order valence-corrected chi connectivity index (χ1v) is 14.3. The van der Waals surface area contributed by atoms with Crippen LogP contribution in [0.15, 0.2) is 66.7 Å². The number of urea groups is 1. The first-order valence-electron chi connectivity index (χ1n) is 14.3. The summed E-state index contributed by atoms with van der Waals surface area (Å²) in [5.74, 6) is 1.05.